The topological polar surface area (TPSA) is 52.6 Å². The van der Waals surface area contributed by atoms with Crippen LogP contribution in [0.3, 0.4) is 0 Å². The van der Waals surface area contributed by atoms with E-state index in [1.165, 1.54) is 0 Å². The van der Waals surface area contributed by atoms with Crippen molar-refractivity contribution in [3.8, 4) is 0 Å². The Hall–Kier alpha value is -0.610. The van der Waals surface area contributed by atoms with Crippen molar-refractivity contribution >= 4 is 5.91 Å². The molecular formula is C12H26N2O2. The smallest absolute Gasteiger partial charge is 0.234 e. The largest absolute Gasteiger partial charge is 0.389 e. The van der Waals surface area contributed by atoms with Gasteiger partial charge in [0, 0.05) is 12.6 Å². The first-order valence-electron chi connectivity index (χ1n) is 6.03. The number of carbonyl (C=O) groups is 1. The molecule has 0 atom stereocenters. The molecular weight excluding hydrogens is 204 g/mol. The van der Waals surface area contributed by atoms with E-state index in [1.54, 1.807) is 0 Å². The fourth-order valence-corrected chi connectivity index (χ4v) is 1.64. The van der Waals surface area contributed by atoms with Gasteiger partial charge in [-0.1, -0.05) is 13.8 Å². The molecule has 0 aliphatic carbocycles. The Kier molecular flexibility index (Phi) is 6.60. The van der Waals surface area contributed by atoms with Crippen LogP contribution < -0.4 is 5.32 Å². The lowest BCUT2D eigenvalue weighted by molar-refractivity contribution is -0.123. The molecule has 96 valence electrons. The van der Waals surface area contributed by atoms with Crippen LogP contribution in [-0.2, 0) is 4.79 Å². The molecule has 0 unspecified atom stereocenters. The third-order valence-corrected chi connectivity index (χ3v) is 2.74. The van der Waals surface area contributed by atoms with Crippen molar-refractivity contribution in [3.05, 3.63) is 0 Å². The number of carbonyl (C=O) groups excluding carboxylic acids is 1. The van der Waals surface area contributed by atoms with Crippen LogP contribution in [0.15, 0.2) is 0 Å². The van der Waals surface area contributed by atoms with Gasteiger partial charge in [0.1, 0.15) is 0 Å². The van der Waals surface area contributed by atoms with E-state index in [0.29, 0.717) is 25.9 Å². The standard InChI is InChI=1S/C12H26N2O2/c1-6-12(16,7-2)9-14(5)8-11(15)13-10(3)4/h10,16H,6-9H2,1-5H3,(H,13,15). The van der Waals surface area contributed by atoms with Crippen LogP contribution in [0.1, 0.15) is 40.5 Å². The molecule has 4 nitrogen and oxygen atoms in total. The van der Waals surface area contributed by atoms with E-state index in [-0.39, 0.29) is 11.9 Å². The monoisotopic (exact) mass is 230 g/mol. The fourth-order valence-electron chi connectivity index (χ4n) is 1.64. The molecule has 2 N–H and O–H groups in total. The van der Waals surface area contributed by atoms with Crippen LogP contribution in [0.4, 0.5) is 0 Å². The minimum absolute atomic E-state index is 0.00653. The molecule has 0 aromatic rings. The maximum Gasteiger partial charge on any atom is 0.234 e. The van der Waals surface area contributed by atoms with Crippen molar-refractivity contribution in [2.75, 3.05) is 20.1 Å². The zero-order chi connectivity index (χ0) is 12.8. The first-order chi connectivity index (χ1) is 7.33. The zero-order valence-corrected chi connectivity index (χ0v) is 11.2. The summed E-state index contributed by atoms with van der Waals surface area (Å²) >= 11 is 0. The van der Waals surface area contributed by atoms with Gasteiger partial charge in [-0.25, -0.2) is 0 Å². The van der Waals surface area contributed by atoms with Crippen LogP contribution in [0, 0.1) is 0 Å². The molecule has 0 aliphatic heterocycles. The van der Waals surface area contributed by atoms with Gasteiger partial charge < -0.3 is 10.4 Å². The zero-order valence-electron chi connectivity index (χ0n) is 11.2. The molecule has 0 fully saturated rings. The highest BCUT2D eigenvalue weighted by molar-refractivity contribution is 5.78. The van der Waals surface area contributed by atoms with Gasteiger partial charge in [0.25, 0.3) is 0 Å². The summed E-state index contributed by atoms with van der Waals surface area (Å²) in [6.07, 6.45) is 1.42. The summed E-state index contributed by atoms with van der Waals surface area (Å²) in [4.78, 5) is 13.4. The Morgan fingerprint density at radius 2 is 1.88 bits per heavy atom. The minimum Gasteiger partial charge on any atom is -0.389 e. The second-order valence-electron chi connectivity index (χ2n) is 4.83. The molecule has 16 heavy (non-hydrogen) atoms. The molecule has 0 radical (unpaired) electrons. The lowest BCUT2D eigenvalue weighted by atomic mass is 9.97. The molecule has 4 heteroatoms. The summed E-state index contributed by atoms with van der Waals surface area (Å²) in [6.45, 7) is 8.67. The van der Waals surface area contributed by atoms with Gasteiger partial charge in [0.15, 0.2) is 0 Å². The number of rotatable bonds is 7. The quantitative estimate of drug-likeness (QED) is 0.686. The summed E-state index contributed by atoms with van der Waals surface area (Å²) in [5.41, 5.74) is -0.674. The average Bonchev–Trinajstić information content (AvgIpc) is 2.15. The highest BCUT2D eigenvalue weighted by Crippen LogP contribution is 2.15. The van der Waals surface area contributed by atoms with Crippen LogP contribution in [-0.4, -0.2) is 47.7 Å². The van der Waals surface area contributed by atoms with E-state index < -0.39 is 5.60 Å². The van der Waals surface area contributed by atoms with Gasteiger partial charge in [-0.3, -0.25) is 9.69 Å². The fraction of sp³-hybridized carbons (Fsp3) is 0.917. The highest BCUT2D eigenvalue weighted by atomic mass is 16.3. The highest BCUT2D eigenvalue weighted by Gasteiger charge is 2.24. The molecule has 0 rings (SSSR count). The third kappa shape index (κ3) is 6.08. The lowest BCUT2D eigenvalue weighted by Crippen LogP contribution is -2.45. The molecule has 0 saturated heterocycles. The minimum atomic E-state index is -0.674. The van der Waals surface area contributed by atoms with Crippen molar-refractivity contribution in [2.24, 2.45) is 0 Å². The van der Waals surface area contributed by atoms with Crippen molar-refractivity contribution in [1.82, 2.24) is 10.2 Å². The average molecular weight is 230 g/mol. The van der Waals surface area contributed by atoms with Gasteiger partial charge in [0.05, 0.1) is 12.1 Å². The van der Waals surface area contributed by atoms with Crippen molar-refractivity contribution < 1.29 is 9.90 Å². The number of nitrogens with zero attached hydrogens (tertiary/aromatic N) is 1. The SMILES string of the molecule is CCC(O)(CC)CN(C)CC(=O)NC(C)C. The number of amides is 1. The lowest BCUT2D eigenvalue weighted by Gasteiger charge is -2.30. The second kappa shape index (κ2) is 6.86. The van der Waals surface area contributed by atoms with Gasteiger partial charge in [-0.05, 0) is 33.7 Å². The van der Waals surface area contributed by atoms with E-state index >= 15 is 0 Å². The Labute approximate surface area is 99.0 Å². The van der Waals surface area contributed by atoms with Gasteiger partial charge >= 0.3 is 0 Å². The molecule has 1 amide bonds. The van der Waals surface area contributed by atoms with Gasteiger partial charge in [-0.15, -0.1) is 0 Å². The first kappa shape index (κ1) is 15.4. The molecule has 0 aromatic heterocycles. The third-order valence-electron chi connectivity index (χ3n) is 2.74. The van der Waals surface area contributed by atoms with E-state index in [0.717, 1.165) is 0 Å². The number of nitrogens with one attached hydrogen (secondary N) is 1. The Morgan fingerprint density at radius 1 is 1.38 bits per heavy atom. The van der Waals surface area contributed by atoms with Crippen LogP contribution in [0.2, 0.25) is 0 Å². The predicted octanol–water partition coefficient (Wildman–Crippen LogP) is 0.994. The summed E-state index contributed by atoms with van der Waals surface area (Å²) in [5, 5.41) is 13.0. The van der Waals surface area contributed by atoms with Crippen LogP contribution in [0.5, 0.6) is 0 Å². The molecule has 0 spiro atoms. The second-order valence-corrected chi connectivity index (χ2v) is 4.83. The normalized spacial score (nSPS) is 12.2. The van der Waals surface area contributed by atoms with E-state index in [4.69, 9.17) is 0 Å². The Balaban J connectivity index is 4.07. The van der Waals surface area contributed by atoms with Crippen molar-refractivity contribution in [2.45, 2.75) is 52.2 Å². The molecule has 0 aliphatic rings. The molecule has 0 aromatic carbocycles. The first-order valence-corrected chi connectivity index (χ1v) is 6.03. The predicted molar refractivity (Wildman–Crippen MR) is 66.3 cm³/mol. The van der Waals surface area contributed by atoms with Crippen LogP contribution >= 0.6 is 0 Å². The van der Waals surface area contributed by atoms with E-state index in [9.17, 15) is 9.90 Å². The van der Waals surface area contributed by atoms with E-state index in [2.05, 4.69) is 5.32 Å². The maximum atomic E-state index is 11.5. The van der Waals surface area contributed by atoms with E-state index in [1.807, 2.05) is 39.6 Å². The summed E-state index contributed by atoms with van der Waals surface area (Å²) in [6, 6.07) is 0.164. The van der Waals surface area contributed by atoms with Crippen molar-refractivity contribution in [3.63, 3.8) is 0 Å². The number of hydrogen-bond acceptors (Lipinski definition) is 3. The Morgan fingerprint density at radius 3 is 2.25 bits per heavy atom. The number of likely N-dealkylation sites (N-methyl/N-ethyl adjacent to an activating group) is 1. The van der Waals surface area contributed by atoms with Gasteiger partial charge in [0.2, 0.25) is 5.91 Å². The Bertz CT molecular complexity index is 213. The summed E-state index contributed by atoms with van der Waals surface area (Å²) in [5.74, 6) is 0.00653. The van der Waals surface area contributed by atoms with Crippen molar-refractivity contribution in [1.29, 1.82) is 0 Å². The number of aliphatic hydroxyl groups is 1. The van der Waals surface area contributed by atoms with Gasteiger partial charge in [-0.2, -0.15) is 0 Å². The molecule has 0 bridgehead atoms. The van der Waals surface area contributed by atoms with Crippen LogP contribution in [0.25, 0.3) is 0 Å². The summed E-state index contributed by atoms with van der Waals surface area (Å²) in [7, 11) is 1.86. The summed E-state index contributed by atoms with van der Waals surface area (Å²) < 4.78 is 0. The maximum absolute atomic E-state index is 11.5. The number of hydrogen-bond donors (Lipinski definition) is 2. The molecule has 0 saturated carbocycles. The molecule has 0 heterocycles.